The maximum absolute atomic E-state index is 13.3. The number of hydrogen-bond acceptors (Lipinski definition) is 10. The van der Waals surface area contributed by atoms with Crippen LogP contribution < -0.4 is 24.4 Å². The molecule has 0 bridgehead atoms. The summed E-state index contributed by atoms with van der Waals surface area (Å²) in [4.78, 5) is 31.6. The maximum atomic E-state index is 13.3. The summed E-state index contributed by atoms with van der Waals surface area (Å²) in [6.07, 6.45) is 6.32. The molecule has 1 fully saturated rings. The average molecular weight is 598 g/mol. The first-order valence-corrected chi connectivity index (χ1v) is 14.9. The Morgan fingerprint density at radius 2 is 1.84 bits per heavy atom. The number of aryl methyl sites for hydroxylation is 1. The molecule has 2 aromatic heterocycles. The summed E-state index contributed by atoms with van der Waals surface area (Å²) in [6.45, 7) is 6.52. The fourth-order valence-electron chi connectivity index (χ4n) is 5.90. The van der Waals surface area contributed by atoms with E-state index in [1.807, 2.05) is 43.5 Å². The van der Waals surface area contributed by atoms with Gasteiger partial charge in [0.25, 0.3) is 0 Å². The van der Waals surface area contributed by atoms with Gasteiger partial charge in [-0.25, -0.2) is 9.97 Å². The van der Waals surface area contributed by atoms with Gasteiger partial charge in [-0.1, -0.05) is 12.1 Å². The quantitative estimate of drug-likeness (QED) is 0.309. The second kappa shape index (κ2) is 12.5. The molecule has 12 heteroatoms. The summed E-state index contributed by atoms with van der Waals surface area (Å²) >= 11 is 0. The first-order chi connectivity index (χ1) is 21.6. The van der Waals surface area contributed by atoms with E-state index in [0.29, 0.717) is 38.5 Å². The van der Waals surface area contributed by atoms with E-state index >= 15 is 0 Å². The van der Waals surface area contributed by atoms with Crippen molar-refractivity contribution < 1.29 is 23.7 Å². The molecule has 1 atom stereocenters. The van der Waals surface area contributed by atoms with E-state index in [0.717, 1.165) is 59.5 Å². The minimum Gasteiger partial charge on any atom is -0.467 e. The van der Waals surface area contributed by atoms with Gasteiger partial charge in [0.2, 0.25) is 18.6 Å². The van der Waals surface area contributed by atoms with Crippen LogP contribution in [0.25, 0.3) is 5.95 Å². The predicted molar refractivity (Wildman–Crippen MR) is 161 cm³/mol. The highest BCUT2D eigenvalue weighted by atomic mass is 16.7. The topological polar surface area (TPSA) is 116 Å². The summed E-state index contributed by atoms with van der Waals surface area (Å²) in [7, 11) is 0. The summed E-state index contributed by atoms with van der Waals surface area (Å²) < 4.78 is 23.8. The van der Waals surface area contributed by atoms with E-state index in [2.05, 4.69) is 37.2 Å². The van der Waals surface area contributed by atoms with Gasteiger partial charge >= 0.3 is 0 Å². The van der Waals surface area contributed by atoms with Crippen LogP contribution in [0.5, 0.6) is 17.2 Å². The molecule has 1 N–H and O–H groups in total. The number of aromatic nitrogens is 4. The number of hydrogen-bond donors (Lipinski definition) is 1. The highest BCUT2D eigenvalue weighted by molar-refractivity contribution is 5.76. The molecule has 0 spiro atoms. The number of imidazole rings is 1. The van der Waals surface area contributed by atoms with Crippen molar-refractivity contribution in [3.8, 4) is 23.2 Å². The van der Waals surface area contributed by atoms with Gasteiger partial charge in [0.15, 0.2) is 18.3 Å². The number of carbonyl (C=O) groups excluding carboxylic acids is 1. The lowest BCUT2D eigenvalue weighted by molar-refractivity contribution is -0.122. The number of ether oxygens (including phenoxy) is 4. The Balaban J connectivity index is 1.05. The van der Waals surface area contributed by atoms with Crippen LogP contribution in [0.4, 0.5) is 5.82 Å². The fourth-order valence-corrected chi connectivity index (χ4v) is 5.90. The van der Waals surface area contributed by atoms with Crippen LogP contribution in [0.1, 0.15) is 28.8 Å². The third-order valence-electron chi connectivity index (χ3n) is 8.15. The van der Waals surface area contributed by atoms with Gasteiger partial charge in [0, 0.05) is 74.9 Å². The molecule has 5 heterocycles. The monoisotopic (exact) mass is 597 g/mol. The van der Waals surface area contributed by atoms with Crippen LogP contribution >= 0.6 is 0 Å². The minimum absolute atomic E-state index is 0.0211. The molecule has 0 aliphatic carbocycles. The van der Waals surface area contributed by atoms with Gasteiger partial charge in [-0.2, -0.15) is 4.98 Å². The molecule has 44 heavy (non-hydrogen) atoms. The van der Waals surface area contributed by atoms with Crippen molar-refractivity contribution >= 4 is 11.7 Å². The zero-order valence-electron chi connectivity index (χ0n) is 24.6. The molecule has 1 amide bonds. The molecular formula is C32H35N7O5. The van der Waals surface area contributed by atoms with Gasteiger partial charge in [0.1, 0.15) is 17.9 Å². The van der Waals surface area contributed by atoms with Gasteiger partial charge < -0.3 is 29.2 Å². The molecule has 12 nitrogen and oxygen atoms in total. The number of nitrogens with zero attached hydrogens (tertiary/aromatic N) is 6. The third-order valence-corrected chi connectivity index (χ3v) is 8.15. The number of anilines is 1. The van der Waals surface area contributed by atoms with Crippen molar-refractivity contribution in [2.45, 2.75) is 39.0 Å². The molecule has 7 rings (SSSR count). The highest BCUT2D eigenvalue weighted by Crippen LogP contribution is 2.32. The predicted octanol–water partition coefficient (Wildman–Crippen LogP) is 3.01. The smallest absolute Gasteiger partial charge is 0.237 e. The first kappa shape index (κ1) is 28.1. The lowest BCUT2D eigenvalue weighted by atomic mass is 10.0. The van der Waals surface area contributed by atoms with Crippen molar-refractivity contribution in [2.75, 3.05) is 44.7 Å². The summed E-state index contributed by atoms with van der Waals surface area (Å²) in [5.74, 6) is 3.83. The minimum atomic E-state index is -0.0233. The fraction of sp³-hybridized carbons (Fsp3) is 0.375. The Labute approximate surface area is 255 Å². The molecule has 1 unspecified atom stereocenters. The Hall–Kier alpha value is -4.68. The molecule has 4 aromatic rings. The molecule has 1 saturated heterocycles. The molecule has 0 radical (unpaired) electrons. The van der Waals surface area contributed by atoms with Gasteiger partial charge in [-0.05, 0) is 48.7 Å². The zero-order valence-corrected chi connectivity index (χ0v) is 24.6. The van der Waals surface area contributed by atoms with E-state index in [9.17, 15) is 4.79 Å². The summed E-state index contributed by atoms with van der Waals surface area (Å²) in [5.41, 5.74) is 4.18. The van der Waals surface area contributed by atoms with Crippen molar-refractivity contribution in [1.29, 1.82) is 0 Å². The number of carbonyl (C=O) groups is 1. The van der Waals surface area contributed by atoms with E-state index in [4.69, 9.17) is 23.9 Å². The Morgan fingerprint density at radius 1 is 0.977 bits per heavy atom. The number of rotatable bonds is 9. The standard InChI is InChI=1S/C32H35N7O5/c1-22-12-30(36-32(35-22)39-9-8-33-19-39)38-11-10-37(16-24-3-4-27-25(13-24)18-41-20-42-27)26(17-38)15-31(40)34-7-6-23-2-5-28-29(14-23)44-21-43-28/h2-5,8-9,12-14,19,26H,6-7,10-11,15-18,20-21H2,1H3,(H,34,40). The second-order valence-corrected chi connectivity index (χ2v) is 11.3. The molecule has 3 aliphatic rings. The Kier molecular flexibility index (Phi) is 7.99. The van der Waals surface area contributed by atoms with Crippen molar-refractivity contribution in [2.24, 2.45) is 0 Å². The van der Waals surface area contributed by atoms with Gasteiger partial charge in [0.05, 0.1) is 6.61 Å². The number of nitrogens with one attached hydrogen (secondary N) is 1. The van der Waals surface area contributed by atoms with Crippen LogP contribution in [0, 0.1) is 6.92 Å². The van der Waals surface area contributed by atoms with Crippen LogP contribution in [-0.2, 0) is 29.1 Å². The Morgan fingerprint density at radius 3 is 2.75 bits per heavy atom. The highest BCUT2D eigenvalue weighted by Gasteiger charge is 2.30. The maximum Gasteiger partial charge on any atom is 0.237 e. The van der Waals surface area contributed by atoms with Crippen LogP contribution in [0.3, 0.4) is 0 Å². The number of benzene rings is 2. The van der Waals surface area contributed by atoms with Crippen molar-refractivity contribution in [1.82, 2.24) is 29.7 Å². The summed E-state index contributed by atoms with van der Waals surface area (Å²) in [6, 6.07) is 14.1. The SMILES string of the molecule is Cc1cc(N2CCN(Cc3ccc4c(c3)COCO4)C(CC(=O)NCCc3ccc4c(c3)OCO4)C2)nc(-n2ccnc2)n1. The van der Waals surface area contributed by atoms with Crippen LogP contribution in [-0.4, -0.2) is 76.1 Å². The number of amides is 1. The molecule has 2 aromatic carbocycles. The average Bonchev–Trinajstić information content (AvgIpc) is 3.74. The number of piperazine rings is 1. The zero-order chi connectivity index (χ0) is 29.9. The third kappa shape index (κ3) is 6.31. The normalized spacial score (nSPS) is 17.7. The Bertz CT molecular complexity index is 1630. The molecule has 0 saturated carbocycles. The lowest BCUT2D eigenvalue weighted by Gasteiger charge is -2.42. The second-order valence-electron chi connectivity index (χ2n) is 11.3. The van der Waals surface area contributed by atoms with Gasteiger partial charge in [-0.15, -0.1) is 0 Å². The largest absolute Gasteiger partial charge is 0.467 e. The lowest BCUT2D eigenvalue weighted by Crippen LogP contribution is -2.54. The van der Waals surface area contributed by atoms with Crippen molar-refractivity contribution in [3.05, 3.63) is 83.6 Å². The van der Waals surface area contributed by atoms with Crippen molar-refractivity contribution in [3.63, 3.8) is 0 Å². The van der Waals surface area contributed by atoms with E-state index in [-0.39, 0.29) is 25.5 Å². The molecular weight excluding hydrogens is 562 g/mol. The van der Waals surface area contributed by atoms with Crippen LogP contribution in [0.15, 0.2) is 61.2 Å². The summed E-state index contributed by atoms with van der Waals surface area (Å²) in [5, 5.41) is 3.14. The molecule has 3 aliphatic heterocycles. The van der Waals surface area contributed by atoms with E-state index < -0.39 is 0 Å². The van der Waals surface area contributed by atoms with E-state index in [1.54, 1.807) is 17.1 Å². The molecule has 228 valence electrons. The number of fused-ring (bicyclic) bond motifs is 2. The van der Waals surface area contributed by atoms with Crippen LogP contribution in [0.2, 0.25) is 0 Å². The van der Waals surface area contributed by atoms with Gasteiger partial charge in [-0.3, -0.25) is 14.3 Å². The first-order valence-electron chi connectivity index (χ1n) is 14.9. The van der Waals surface area contributed by atoms with E-state index in [1.165, 1.54) is 5.56 Å².